The summed E-state index contributed by atoms with van der Waals surface area (Å²) in [7, 11) is 0. The minimum atomic E-state index is -0.197. The van der Waals surface area contributed by atoms with Crippen molar-refractivity contribution in [2.45, 2.75) is 59.5 Å². The summed E-state index contributed by atoms with van der Waals surface area (Å²) in [6.45, 7) is 8.88. The van der Waals surface area contributed by atoms with Gasteiger partial charge in [-0.3, -0.25) is 0 Å². The third-order valence-electron chi connectivity index (χ3n) is 4.70. The van der Waals surface area contributed by atoms with E-state index in [1.165, 1.54) is 24.0 Å². The Morgan fingerprint density at radius 2 is 2.12 bits per heavy atom. The third kappa shape index (κ3) is 1.86. The lowest BCUT2D eigenvalue weighted by molar-refractivity contribution is 0.0523. The van der Waals surface area contributed by atoms with Crippen molar-refractivity contribution >= 4 is 0 Å². The van der Waals surface area contributed by atoms with Crippen molar-refractivity contribution in [1.29, 1.82) is 0 Å². The highest BCUT2D eigenvalue weighted by atomic mass is 16.3. The molecule has 0 amide bonds. The van der Waals surface area contributed by atoms with Gasteiger partial charge < -0.3 is 5.11 Å². The highest BCUT2D eigenvalue weighted by Gasteiger charge is 2.43. The van der Waals surface area contributed by atoms with Gasteiger partial charge in [-0.15, -0.1) is 0 Å². The summed E-state index contributed by atoms with van der Waals surface area (Å²) in [6, 6.07) is 0. The molecule has 16 heavy (non-hydrogen) atoms. The van der Waals surface area contributed by atoms with Crippen LogP contribution in [0.2, 0.25) is 0 Å². The van der Waals surface area contributed by atoms with Crippen molar-refractivity contribution in [2.24, 2.45) is 11.3 Å². The first-order valence-corrected chi connectivity index (χ1v) is 6.45. The fraction of sp³-hybridized carbons (Fsp3) is 0.733. The fourth-order valence-corrected chi connectivity index (χ4v) is 3.61. The maximum atomic E-state index is 10.3. The number of hydrogen-bond donors (Lipinski definition) is 1. The van der Waals surface area contributed by atoms with Gasteiger partial charge in [0.2, 0.25) is 0 Å². The number of aliphatic hydroxyl groups is 1. The lowest BCUT2D eigenvalue weighted by Crippen LogP contribution is -2.40. The zero-order valence-corrected chi connectivity index (χ0v) is 11.0. The van der Waals surface area contributed by atoms with E-state index >= 15 is 0 Å². The highest BCUT2D eigenvalue weighted by molar-refractivity contribution is 5.26. The largest absolute Gasteiger partial charge is 0.389 e. The minimum absolute atomic E-state index is 0.197. The van der Waals surface area contributed by atoms with Gasteiger partial charge in [-0.05, 0) is 63.4 Å². The molecule has 0 saturated heterocycles. The molecule has 0 aromatic rings. The summed E-state index contributed by atoms with van der Waals surface area (Å²) in [4.78, 5) is 0. The zero-order chi connectivity index (χ0) is 11.9. The second-order valence-electron chi connectivity index (χ2n) is 6.14. The lowest BCUT2D eigenvalue weighted by Gasteiger charge is -2.48. The number of fused-ring (bicyclic) bond motifs is 1. The Balaban J connectivity index is 2.33. The van der Waals surface area contributed by atoms with Crippen LogP contribution in [0.3, 0.4) is 0 Å². The monoisotopic (exact) mass is 220 g/mol. The number of hydrogen-bond acceptors (Lipinski definition) is 1. The number of allylic oxidation sites excluding steroid dienone is 3. The van der Waals surface area contributed by atoms with Crippen molar-refractivity contribution in [3.63, 3.8) is 0 Å². The van der Waals surface area contributed by atoms with E-state index in [0.717, 1.165) is 12.8 Å². The molecular weight excluding hydrogens is 196 g/mol. The van der Waals surface area contributed by atoms with Crippen LogP contribution >= 0.6 is 0 Å². The number of aliphatic hydroxyl groups excluding tert-OH is 1. The van der Waals surface area contributed by atoms with E-state index in [2.05, 4.69) is 33.8 Å². The van der Waals surface area contributed by atoms with E-state index in [1.807, 2.05) is 0 Å². The SMILES string of the molecule is CC1=CCCC2(C)CC(O)C(=C(C)C)CC12. The second kappa shape index (κ2) is 4.03. The van der Waals surface area contributed by atoms with Crippen LogP contribution in [0.5, 0.6) is 0 Å². The Morgan fingerprint density at radius 1 is 1.44 bits per heavy atom. The molecule has 0 aromatic heterocycles. The first-order valence-electron chi connectivity index (χ1n) is 6.45. The molecule has 0 heterocycles. The molecule has 90 valence electrons. The molecule has 0 aromatic carbocycles. The molecular formula is C15H24O. The lowest BCUT2D eigenvalue weighted by atomic mass is 9.58. The molecule has 0 bridgehead atoms. The van der Waals surface area contributed by atoms with Crippen molar-refractivity contribution in [1.82, 2.24) is 0 Å². The fourth-order valence-electron chi connectivity index (χ4n) is 3.61. The Morgan fingerprint density at radius 3 is 2.75 bits per heavy atom. The zero-order valence-electron chi connectivity index (χ0n) is 11.0. The summed E-state index contributed by atoms with van der Waals surface area (Å²) in [6.07, 6.45) is 6.65. The van der Waals surface area contributed by atoms with Crippen molar-refractivity contribution < 1.29 is 5.11 Å². The van der Waals surface area contributed by atoms with E-state index < -0.39 is 0 Å². The Bertz CT molecular complexity index is 346. The molecule has 2 aliphatic carbocycles. The van der Waals surface area contributed by atoms with Crippen LogP contribution in [0, 0.1) is 11.3 Å². The van der Waals surface area contributed by atoms with E-state index in [-0.39, 0.29) is 6.10 Å². The van der Waals surface area contributed by atoms with Crippen molar-refractivity contribution in [3.8, 4) is 0 Å². The highest BCUT2D eigenvalue weighted by Crippen LogP contribution is 2.52. The standard InChI is InChI=1S/C15H24O/c1-10(2)12-8-13-11(3)6-5-7-15(13,4)9-14(12)16/h6,13-14,16H,5,7-9H2,1-4H3. The molecule has 1 saturated carbocycles. The van der Waals surface area contributed by atoms with Gasteiger partial charge in [-0.25, -0.2) is 0 Å². The summed E-state index contributed by atoms with van der Waals surface area (Å²) in [5.41, 5.74) is 4.47. The molecule has 1 fully saturated rings. The molecule has 1 N–H and O–H groups in total. The molecule has 1 heteroatoms. The van der Waals surface area contributed by atoms with Crippen LogP contribution in [0.15, 0.2) is 22.8 Å². The normalized spacial score (nSPS) is 39.1. The summed E-state index contributed by atoms with van der Waals surface area (Å²) in [5, 5.41) is 10.3. The first kappa shape index (κ1) is 11.9. The van der Waals surface area contributed by atoms with Gasteiger partial charge in [0.05, 0.1) is 6.10 Å². The van der Waals surface area contributed by atoms with E-state index in [1.54, 1.807) is 5.57 Å². The predicted octanol–water partition coefficient (Wildman–Crippen LogP) is 3.84. The predicted molar refractivity (Wildman–Crippen MR) is 68.2 cm³/mol. The molecule has 0 aliphatic heterocycles. The van der Waals surface area contributed by atoms with Crippen LogP contribution in [-0.4, -0.2) is 11.2 Å². The van der Waals surface area contributed by atoms with Crippen LogP contribution in [0.1, 0.15) is 53.4 Å². The third-order valence-corrected chi connectivity index (χ3v) is 4.70. The van der Waals surface area contributed by atoms with E-state index in [9.17, 15) is 5.11 Å². The van der Waals surface area contributed by atoms with Crippen LogP contribution in [0.25, 0.3) is 0 Å². The Kier molecular flexibility index (Phi) is 3.00. The van der Waals surface area contributed by atoms with Gasteiger partial charge in [-0.2, -0.15) is 0 Å². The van der Waals surface area contributed by atoms with Gasteiger partial charge in [-0.1, -0.05) is 24.1 Å². The summed E-state index contributed by atoms with van der Waals surface area (Å²) >= 11 is 0. The van der Waals surface area contributed by atoms with Gasteiger partial charge >= 0.3 is 0 Å². The maximum Gasteiger partial charge on any atom is 0.0758 e. The van der Waals surface area contributed by atoms with Gasteiger partial charge in [0, 0.05) is 0 Å². The van der Waals surface area contributed by atoms with Crippen molar-refractivity contribution in [3.05, 3.63) is 22.8 Å². The topological polar surface area (TPSA) is 20.2 Å². The van der Waals surface area contributed by atoms with E-state index in [4.69, 9.17) is 0 Å². The van der Waals surface area contributed by atoms with Gasteiger partial charge in [0.15, 0.2) is 0 Å². The minimum Gasteiger partial charge on any atom is -0.389 e. The van der Waals surface area contributed by atoms with Crippen LogP contribution < -0.4 is 0 Å². The van der Waals surface area contributed by atoms with Crippen LogP contribution in [0.4, 0.5) is 0 Å². The molecule has 1 nitrogen and oxygen atoms in total. The average molecular weight is 220 g/mol. The molecule has 2 aliphatic rings. The molecule has 3 atom stereocenters. The average Bonchev–Trinajstić information content (AvgIpc) is 2.15. The molecule has 0 spiro atoms. The number of rotatable bonds is 0. The Hall–Kier alpha value is -0.560. The van der Waals surface area contributed by atoms with Crippen molar-refractivity contribution in [2.75, 3.05) is 0 Å². The van der Waals surface area contributed by atoms with Crippen LogP contribution in [-0.2, 0) is 0 Å². The molecule has 0 radical (unpaired) electrons. The summed E-state index contributed by atoms with van der Waals surface area (Å²) < 4.78 is 0. The molecule has 2 rings (SSSR count). The smallest absolute Gasteiger partial charge is 0.0758 e. The quantitative estimate of drug-likeness (QED) is 0.615. The molecule has 3 unspecified atom stereocenters. The maximum absolute atomic E-state index is 10.3. The second-order valence-corrected chi connectivity index (χ2v) is 6.14. The van der Waals surface area contributed by atoms with E-state index in [0.29, 0.717) is 11.3 Å². The Labute approximate surface area is 99.3 Å². The summed E-state index contributed by atoms with van der Waals surface area (Å²) in [5.74, 6) is 0.662. The van der Waals surface area contributed by atoms with Gasteiger partial charge in [0.1, 0.15) is 0 Å². The van der Waals surface area contributed by atoms with Gasteiger partial charge in [0.25, 0.3) is 0 Å². The first-order chi connectivity index (χ1) is 7.44.